The molecule has 11 heteroatoms. The second-order valence-electron chi connectivity index (χ2n) is 7.23. The van der Waals surface area contributed by atoms with Crippen molar-refractivity contribution in [3.63, 3.8) is 0 Å². The summed E-state index contributed by atoms with van der Waals surface area (Å²) in [5.74, 6) is 1.24. The topological polar surface area (TPSA) is 118 Å². The smallest absolute Gasteiger partial charge is 0.276 e. The average molecular weight is 420 g/mol. The van der Waals surface area contributed by atoms with Gasteiger partial charge in [0.15, 0.2) is 5.82 Å². The molecule has 0 saturated carbocycles. The van der Waals surface area contributed by atoms with Gasteiger partial charge in [0.05, 0.1) is 11.4 Å². The van der Waals surface area contributed by atoms with Crippen molar-refractivity contribution in [2.24, 2.45) is 14.1 Å². The van der Waals surface area contributed by atoms with E-state index in [1.807, 2.05) is 20.9 Å². The highest BCUT2D eigenvalue weighted by molar-refractivity contribution is 6.02. The summed E-state index contributed by atoms with van der Waals surface area (Å²) in [5, 5.41) is 22.2. The van der Waals surface area contributed by atoms with Gasteiger partial charge in [-0.2, -0.15) is 20.3 Å². The lowest BCUT2D eigenvalue weighted by Gasteiger charge is -2.19. The van der Waals surface area contributed by atoms with E-state index in [0.29, 0.717) is 23.3 Å². The molecule has 0 spiro atoms. The monoisotopic (exact) mass is 419 g/mol. The lowest BCUT2D eigenvalue weighted by Crippen LogP contribution is -2.27. The third kappa shape index (κ3) is 4.03. The molecule has 3 aromatic heterocycles. The van der Waals surface area contributed by atoms with Gasteiger partial charge in [0.25, 0.3) is 5.91 Å². The maximum absolute atomic E-state index is 12.7. The maximum Gasteiger partial charge on any atom is 0.276 e. The third-order valence-electron chi connectivity index (χ3n) is 5.30. The standard InChI is InChI=1S/C18H25N9O.ClH/c1-10-15(11(2)26(3)24-10)13-9-14(23-22-13)17(28)21-18-20-16(25-27(18)4)12-5-7-19-8-6-12;/h9,12,19H,5-8H2,1-4H3,(H,22,23)(H,20,21,25,28);1H. The number of hydrogen-bond donors (Lipinski definition) is 3. The van der Waals surface area contributed by atoms with E-state index in [4.69, 9.17) is 0 Å². The summed E-state index contributed by atoms with van der Waals surface area (Å²) < 4.78 is 3.42. The van der Waals surface area contributed by atoms with E-state index in [9.17, 15) is 4.79 Å². The summed E-state index contributed by atoms with van der Waals surface area (Å²) in [5.41, 5.74) is 3.87. The summed E-state index contributed by atoms with van der Waals surface area (Å²) in [6.45, 7) is 5.84. The number of H-pyrrole nitrogens is 1. The Bertz CT molecular complexity index is 1010. The summed E-state index contributed by atoms with van der Waals surface area (Å²) in [6, 6.07) is 1.73. The van der Waals surface area contributed by atoms with Crippen LogP contribution in [0.4, 0.5) is 5.95 Å². The second-order valence-corrected chi connectivity index (χ2v) is 7.23. The van der Waals surface area contributed by atoms with Crippen molar-refractivity contribution >= 4 is 24.3 Å². The zero-order chi connectivity index (χ0) is 19.8. The van der Waals surface area contributed by atoms with Crippen LogP contribution in [0.1, 0.15) is 46.5 Å². The Hall–Kier alpha value is -2.72. The number of piperidine rings is 1. The van der Waals surface area contributed by atoms with Crippen LogP contribution in [-0.2, 0) is 14.1 Å². The van der Waals surface area contributed by atoms with Crippen LogP contribution < -0.4 is 10.6 Å². The van der Waals surface area contributed by atoms with E-state index in [0.717, 1.165) is 48.7 Å². The largest absolute Gasteiger partial charge is 0.317 e. The highest BCUT2D eigenvalue weighted by Crippen LogP contribution is 2.26. The van der Waals surface area contributed by atoms with Crippen molar-refractivity contribution in [2.75, 3.05) is 18.4 Å². The molecule has 4 heterocycles. The number of carbonyl (C=O) groups is 1. The zero-order valence-corrected chi connectivity index (χ0v) is 17.8. The van der Waals surface area contributed by atoms with E-state index >= 15 is 0 Å². The van der Waals surface area contributed by atoms with Gasteiger partial charge >= 0.3 is 0 Å². The van der Waals surface area contributed by atoms with Crippen LogP contribution in [0.3, 0.4) is 0 Å². The first kappa shape index (κ1) is 21.0. The van der Waals surface area contributed by atoms with Gasteiger partial charge in [-0.3, -0.25) is 19.9 Å². The molecule has 4 rings (SSSR count). The molecule has 1 fully saturated rings. The van der Waals surface area contributed by atoms with Crippen molar-refractivity contribution in [3.05, 3.63) is 29.0 Å². The van der Waals surface area contributed by atoms with Crippen molar-refractivity contribution in [1.29, 1.82) is 0 Å². The van der Waals surface area contributed by atoms with Crippen LogP contribution >= 0.6 is 12.4 Å². The van der Waals surface area contributed by atoms with E-state index in [-0.39, 0.29) is 18.3 Å². The van der Waals surface area contributed by atoms with Gasteiger partial charge in [-0.05, 0) is 45.8 Å². The minimum absolute atomic E-state index is 0. The number of halogens is 1. The fraction of sp³-hybridized carbons (Fsp3) is 0.500. The Balaban J connectivity index is 0.00000240. The van der Waals surface area contributed by atoms with Crippen molar-refractivity contribution in [2.45, 2.75) is 32.6 Å². The predicted octanol–water partition coefficient (Wildman–Crippen LogP) is 1.70. The van der Waals surface area contributed by atoms with E-state index in [1.165, 1.54) is 0 Å². The SMILES string of the molecule is Cc1nn(C)c(C)c1-c1cc(C(=O)Nc2nc(C3CCNCC3)nn2C)[nH]n1.Cl. The number of rotatable bonds is 4. The zero-order valence-electron chi connectivity index (χ0n) is 17.0. The predicted molar refractivity (Wildman–Crippen MR) is 111 cm³/mol. The Morgan fingerprint density at radius 1 is 1.17 bits per heavy atom. The molecule has 0 radical (unpaired) electrons. The Morgan fingerprint density at radius 2 is 1.90 bits per heavy atom. The van der Waals surface area contributed by atoms with Crippen LogP contribution in [-0.4, -0.2) is 53.7 Å². The number of aromatic nitrogens is 7. The van der Waals surface area contributed by atoms with Crippen molar-refractivity contribution in [1.82, 2.24) is 40.1 Å². The number of carbonyl (C=O) groups excluding carboxylic acids is 1. The normalized spacial score (nSPS) is 14.6. The molecule has 1 saturated heterocycles. The molecule has 29 heavy (non-hydrogen) atoms. The second kappa shape index (κ2) is 8.34. The molecular formula is C18H26ClN9O. The number of hydrogen-bond acceptors (Lipinski definition) is 6. The van der Waals surface area contributed by atoms with Crippen LogP contribution in [0, 0.1) is 13.8 Å². The van der Waals surface area contributed by atoms with Crippen LogP contribution in [0.25, 0.3) is 11.3 Å². The van der Waals surface area contributed by atoms with Crippen LogP contribution in [0.2, 0.25) is 0 Å². The molecule has 1 aliphatic heterocycles. The number of anilines is 1. The third-order valence-corrected chi connectivity index (χ3v) is 5.30. The van der Waals surface area contributed by atoms with Gasteiger partial charge in [0, 0.05) is 31.3 Å². The van der Waals surface area contributed by atoms with Crippen LogP contribution in [0.15, 0.2) is 6.07 Å². The highest BCUT2D eigenvalue weighted by Gasteiger charge is 2.22. The Labute approximate surface area is 174 Å². The quantitative estimate of drug-likeness (QED) is 0.592. The van der Waals surface area contributed by atoms with Crippen molar-refractivity contribution in [3.8, 4) is 11.3 Å². The van der Waals surface area contributed by atoms with Gasteiger partial charge in [-0.15, -0.1) is 12.4 Å². The number of nitrogens with zero attached hydrogens (tertiary/aromatic N) is 6. The highest BCUT2D eigenvalue weighted by atomic mass is 35.5. The first-order chi connectivity index (χ1) is 13.4. The van der Waals surface area contributed by atoms with Gasteiger partial charge in [0.2, 0.25) is 5.95 Å². The molecule has 0 aromatic carbocycles. The first-order valence-electron chi connectivity index (χ1n) is 9.43. The molecule has 1 aliphatic rings. The van der Waals surface area contributed by atoms with Gasteiger partial charge in [0.1, 0.15) is 5.69 Å². The Kier molecular flexibility index (Phi) is 6.04. The van der Waals surface area contributed by atoms with Gasteiger partial charge < -0.3 is 5.32 Å². The minimum atomic E-state index is -0.301. The lowest BCUT2D eigenvalue weighted by atomic mass is 9.98. The molecule has 156 valence electrons. The van der Waals surface area contributed by atoms with E-state index in [1.54, 1.807) is 22.5 Å². The number of nitrogens with one attached hydrogen (secondary N) is 3. The van der Waals surface area contributed by atoms with Gasteiger partial charge in [-0.1, -0.05) is 0 Å². The van der Waals surface area contributed by atoms with Gasteiger partial charge in [-0.25, -0.2) is 4.68 Å². The molecule has 3 N–H and O–H groups in total. The van der Waals surface area contributed by atoms with E-state index < -0.39 is 0 Å². The molecule has 3 aromatic rings. The summed E-state index contributed by atoms with van der Waals surface area (Å²) in [6.07, 6.45) is 2.01. The Morgan fingerprint density at radius 3 is 2.55 bits per heavy atom. The first-order valence-corrected chi connectivity index (χ1v) is 9.43. The molecule has 1 amide bonds. The lowest BCUT2D eigenvalue weighted by molar-refractivity contribution is 0.102. The van der Waals surface area contributed by atoms with Crippen molar-refractivity contribution < 1.29 is 4.79 Å². The molecule has 0 aliphatic carbocycles. The summed E-state index contributed by atoms with van der Waals surface area (Å²) >= 11 is 0. The molecular weight excluding hydrogens is 394 g/mol. The molecule has 10 nitrogen and oxygen atoms in total. The fourth-order valence-electron chi connectivity index (χ4n) is 3.65. The van der Waals surface area contributed by atoms with Crippen LogP contribution in [0.5, 0.6) is 0 Å². The molecule has 0 bridgehead atoms. The maximum atomic E-state index is 12.7. The molecule has 0 unspecified atom stereocenters. The van der Waals surface area contributed by atoms with E-state index in [2.05, 4.69) is 36.0 Å². The number of aromatic amines is 1. The summed E-state index contributed by atoms with van der Waals surface area (Å²) in [4.78, 5) is 17.2. The molecule has 0 atom stereocenters. The summed E-state index contributed by atoms with van der Waals surface area (Å²) in [7, 11) is 3.67. The fourth-order valence-corrected chi connectivity index (χ4v) is 3.65. The number of amides is 1. The minimum Gasteiger partial charge on any atom is -0.317 e. The average Bonchev–Trinajstić information content (AvgIpc) is 3.35. The number of aryl methyl sites for hydroxylation is 3.